The fraction of sp³-hybridized carbons (Fsp3) is 0.389. The van der Waals surface area contributed by atoms with E-state index in [4.69, 9.17) is 0 Å². The lowest BCUT2D eigenvalue weighted by atomic mass is 10.1. The molecule has 2 aromatic rings. The van der Waals surface area contributed by atoms with Crippen LogP contribution in [0.4, 0.5) is 10.1 Å². The van der Waals surface area contributed by atoms with Crippen LogP contribution in [-0.2, 0) is 17.8 Å². The van der Waals surface area contributed by atoms with Crippen molar-refractivity contribution in [2.24, 2.45) is 0 Å². The molecule has 136 valence electrons. The molecule has 0 bridgehead atoms. The van der Waals surface area contributed by atoms with E-state index in [1.807, 2.05) is 0 Å². The van der Waals surface area contributed by atoms with Crippen LogP contribution >= 0.6 is 0 Å². The molecule has 1 saturated heterocycles. The molecule has 2 N–H and O–H groups in total. The number of H-pyrrole nitrogens is 1. The molecular weight excluding hydrogens is 337 g/mol. The summed E-state index contributed by atoms with van der Waals surface area (Å²) >= 11 is 0. The van der Waals surface area contributed by atoms with Crippen LogP contribution in [0.2, 0.25) is 0 Å². The summed E-state index contributed by atoms with van der Waals surface area (Å²) in [6.45, 7) is 1.81. The number of anilines is 1. The molecule has 7 nitrogen and oxygen atoms in total. The Hall–Kier alpha value is -2.74. The van der Waals surface area contributed by atoms with Crippen LogP contribution in [0, 0.1) is 5.82 Å². The van der Waals surface area contributed by atoms with Crippen molar-refractivity contribution < 1.29 is 14.0 Å². The number of carbonyl (C=O) groups is 2. The summed E-state index contributed by atoms with van der Waals surface area (Å²) in [4.78, 5) is 28.5. The second-order valence-electron chi connectivity index (χ2n) is 6.62. The average molecular weight is 357 g/mol. The number of carbonyl (C=O) groups excluding carboxylic acids is 2. The summed E-state index contributed by atoms with van der Waals surface area (Å²) in [6, 6.07) is 5.56. The van der Waals surface area contributed by atoms with Gasteiger partial charge in [0.05, 0.1) is 5.69 Å². The van der Waals surface area contributed by atoms with Crippen molar-refractivity contribution in [1.29, 1.82) is 0 Å². The number of rotatable bonds is 3. The molecule has 1 unspecified atom stereocenters. The van der Waals surface area contributed by atoms with Gasteiger partial charge in [0.1, 0.15) is 11.9 Å². The minimum Gasteiger partial charge on any atom is -0.328 e. The molecule has 2 amide bonds. The molecular formula is C18H20FN5O2. The van der Waals surface area contributed by atoms with Crippen LogP contribution in [0.1, 0.15) is 28.2 Å². The first-order valence-corrected chi connectivity index (χ1v) is 8.68. The molecule has 2 aliphatic rings. The highest BCUT2D eigenvalue weighted by Crippen LogP contribution is 2.27. The topological polar surface area (TPSA) is 81.3 Å². The zero-order valence-electron chi connectivity index (χ0n) is 14.5. The monoisotopic (exact) mass is 357 g/mol. The third kappa shape index (κ3) is 2.66. The lowest BCUT2D eigenvalue weighted by Crippen LogP contribution is -2.43. The molecule has 1 aromatic carbocycles. The van der Waals surface area contributed by atoms with Gasteiger partial charge in [-0.3, -0.25) is 14.7 Å². The van der Waals surface area contributed by atoms with Gasteiger partial charge < -0.3 is 15.1 Å². The first kappa shape index (κ1) is 16.7. The van der Waals surface area contributed by atoms with E-state index in [0.29, 0.717) is 25.2 Å². The summed E-state index contributed by atoms with van der Waals surface area (Å²) in [6.07, 6.45) is 1.25. The number of aromatic nitrogens is 2. The Morgan fingerprint density at radius 1 is 1.38 bits per heavy atom. The van der Waals surface area contributed by atoms with Crippen LogP contribution in [0.3, 0.4) is 0 Å². The number of halogens is 1. The zero-order valence-corrected chi connectivity index (χ0v) is 14.5. The van der Waals surface area contributed by atoms with E-state index < -0.39 is 11.9 Å². The zero-order chi connectivity index (χ0) is 18.3. The molecule has 0 spiro atoms. The van der Waals surface area contributed by atoms with Gasteiger partial charge in [-0.1, -0.05) is 12.1 Å². The number of fused-ring (bicyclic) bond motifs is 1. The number of para-hydroxylation sites is 1. The Bertz CT molecular complexity index is 865. The SMILES string of the molecule is CN(C(=O)c1n[nH]c2c1CNCC2)C1CCN(c2ccccc2F)C1=O. The fourth-order valence-corrected chi connectivity index (χ4v) is 3.64. The summed E-state index contributed by atoms with van der Waals surface area (Å²) in [7, 11) is 1.60. The number of likely N-dealkylation sites (N-methyl/N-ethyl adjacent to an activating group) is 1. The molecule has 4 rings (SSSR count). The quantitative estimate of drug-likeness (QED) is 0.861. The molecule has 1 atom stereocenters. The van der Waals surface area contributed by atoms with E-state index >= 15 is 0 Å². The van der Waals surface area contributed by atoms with Crippen LogP contribution in [0.5, 0.6) is 0 Å². The highest BCUT2D eigenvalue weighted by Gasteiger charge is 2.39. The minimum absolute atomic E-state index is 0.252. The second-order valence-corrected chi connectivity index (χ2v) is 6.62. The van der Waals surface area contributed by atoms with E-state index in [-0.39, 0.29) is 17.5 Å². The van der Waals surface area contributed by atoms with Crippen molar-refractivity contribution >= 4 is 17.5 Å². The maximum atomic E-state index is 14.0. The van der Waals surface area contributed by atoms with Crippen molar-refractivity contribution in [2.75, 3.05) is 25.0 Å². The maximum Gasteiger partial charge on any atom is 0.275 e. The predicted molar refractivity (Wildman–Crippen MR) is 93.2 cm³/mol. The molecule has 1 aromatic heterocycles. The Morgan fingerprint density at radius 2 is 2.19 bits per heavy atom. The van der Waals surface area contributed by atoms with Gasteiger partial charge in [0.2, 0.25) is 5.91 Å². The van der Waals surface area contributed by atoms with Gasteiger partial charge in [0.25, 0.3) is 5.91 Å². The summed E-state index contributed by atoms with van der Waals surface area (Å²) in [5, 5.41) is 10.3. The van der Waals surface area contributed by atoms with Gasteiger partial charge in [-0.25, -0.2) is 4.39 Å². The number of hydrogen-bond acceptors (Lipinski definition) is 4. The highest BCUT2D eigenvalue weighted by molar-refractivity contribution is 6.03. The Labute approximate surface area is 150 Å². The third-order valence-electron chi connectivity index (χ3n) is 5.12. The number of hydrogen-bond donors (Lipinski definition) is 2. The number of nitrogens with zero attached hydrogens (tertiary/aromatic N) is 3. The minimum atomic E-state index is -0.619. The van der Waals surface area contributed by atoms with Gasteiger partial charge in [-0.2, -0.15) is 5.10 Å². The van der Waals surface area contributed by atoms with Gasteiger partial charge in [-0.05, 0) is 18.6 Å². The predicted octanol–water partition coefficient (Wildman–Crippen LogP) is 1.07. The summed E-state index contributed by atoms with van der Waals surface area (Å²) < 4.78 is 14.0. The smallest absolute Gasteiger partial charge is 0.275 e. The molecule has 3 heterocycles. The van der Waals surface area contributed by atoms with Crippen molar-refractivity contribution in [2.45, 2.75) is 25.4 Å². The average Bonchev–Trinajstić information content (AvgIpc) is 3.25. The number of amides is 2. The highest BCUT2D eigenvalue weighted by atomic mass is 19.1. The van der Waals surface area contributed by atoms with E-state index in [9.17, 15) is 14.0 Å². The lowest BCUT2D eigenvalue weighted by Gasteiger charge is -2.24. The molecule has 0 aliphatic carbocycles. The summed E-state index contributed by atoms with van der Waals surface area (Å²) in [5.74, 6) is -1.00. The van der Waals surface area contributed by atoms with Crippen LogP contribution in [0.25, 0.3) is 0 Å². The molecule has 8 heteroatoms. The first-order chi connectivity index (χ1) is 12.6. The number of benzene rings is 1. The van der Waals surface area contributed by atoms with Crippen molar-refractivity contribution in [1.82, 2.24) is 20.4 Å². The van der Waals surface area contributed by atoms with E-state index in [0.717, 1.165) is 24.2 Å². The Kier molecular flexibility index (Phi) is 4.20. The Balaban J connectivity index is 1.55. The lowest BCUT2D eigenvalue weighted by molar-refractivity contribution is -0.120. The first-order valence-electron chi connectivity index (χ1n) is 8.68. The van der Waals surface area contributed by atoms with E-state index in [2.05, 4.69) is 15.5 Å². The molecule has 1 fully saturated rings. The molecule has 0 saturated carbocycles. The van der Waals surface area contributed by atoms with Gasteiger partial charge >= 0.3 is 0 Å². The van der Waals surface area contributed by atoms with Gasteiger partial charge in [0.15, 0.2) is 5.69 Å². The van der Waals surface area contributed by atoms with Gasteiger partial charge in [0, 0.05) is 44.4 Å². The van der Waals surface area contributed by atoms with Gasteiger partial charge in [-0.15, -0.1) is 0 Å². The second kappa shape index (κ2) is 6.53. The van der Waals surface area contributed by atoms with Crippen molar-refractivity contribution in [3.63, 3.8) is 0 Å². The van der Waals surface area contributed by atoms with E-state index in [1.54, 1.807) is 25.2 Å². The standard InChI is InChI=1S/C18H20FN5O2/c1-23(18(26)16-11-10-20-8-6-13(11)21-22-16)15-7-9-24(17(15)25)14-5-3-2-4-12(14)19/h2-5,15,20H,6-10H2,1H3,(H,21,22). The number of nitrogens with one attached hydrogen (secondary N) is 2. The maximum absolute atomic E-state index is 14.0. The van der Waals surface area contributed by atoms with Crippen LogP contribution in [0.15, 0.2) is 24.3 Å². The summed E-state index contributed by atoms with van der Waals surface area (Å²) in [5.41, 5.74) is 2.43. The molecule has 0 radical (unpaired) electrons. The molecule has 26 heavy (non-hydrogen) atoms. The van der Waals surface area contributed by atoms with Crippen molar-refractivity contribution in [3.05, 3.63) is 47.0 Å². The fourth-order valence-electron chi connectivity index (χ4n) is 3.64. The van der Waals surface area contributed by atoms with Crippen LogP contribution < -0.4 is 10.2 Å². The van der Waals surface area contributed by atoms with E-state index in [1.165, 1.54) is 15.9 Å². The Morgan fingerprint density at radius 3 is 3.00 bits per heavy atom. The number of aromatic amines is 1. The third-order valence-corrected chi connectivity index (χ3v) is 5.12. The normalized spacial score (nSPS) is 19.5. The van der Waals surface area contributed by atoms with Crippen LogP contribution in [-0.4, -0.2) is 53.1 Å². The largest absolute Gasteiger partial charge is 0.328 e. The van der Waals surface area contributed by atoms with Crippen molar-refractivity contribution in [3.8, 4) is 0 Å². The molecule has 2 aliphatic heterocycles.